The minimum Gasteiger partial charge on any atom is -0.493 e. The molecule has 160 valence electrons. The number of methoxy groups -OCH3 is 1. The van der Waals surface area contributed by atoms with Crippen molar-refractivity contribution >= 4 is 38.9 Å². The molecule has 0 aliphatic heterocycles. The summed E-state index contributed by atoms with van der Waals surface area (Å²) in [5.41, 5.74) is 0.635. The maximum absolute atomic E-state index is 12.5. The van der Waals surface area contributed by atoms with Gasteiger partial charge in [-0.05, 0) is 36.2 Å². The average Bonchev–Trinajstić information content (AvgIpc) is 3.08. The second kappa shape index (κ2) is 10.2. The Morgan fingerprint density at radius 3 is 2.59 bits per heavy atom. The predicted octanol–water partition coefficient (Wildman–Crippen LogP) is 2.99. The molecule has 0 unspecified atom stereocenters. The van der Waals surface area contributed by atoms with Crippen molar-refractivity contribution in [3.05, 3.63) is 40.2 Å². The molecule has 0 bridgehead atoms. The van der Waals surface area contributed by atoms with Crippen LogP contribution in [0, 0.1) is 0 Å². The first kappa shape index (κ1) is 23.3. The monoisotopic (exact) mass is 468 g/mol. The largest absolute Gasteiger partial charge is 0.493 e. The summed E-state index contributed by atoms with van der Waals surface area (Å²) < 4.78 is 60.4. The first-order chi connectivity index (χ1) is 13.6. The molecule has 29 heavy (non-hydrogen) atoms. The van der Waals surface area contributed by atoms with Crippen molar-refractivity contribution in [2.24, 2.45) is 0 Å². The van der Waals surface area contributed by atoms with Crippen LogP contribution < -0.4 is 14.8 Å². The molecule has 0 aliphatic rings. The average molecular weight is 469 g/mol. The highest BCUT2D eigenvalue weighted by Crippen LogP contribution is 2.30. The normalized spacial score (nSPS) is 11.7. The minimum absolute atomic E-state index is 0.0441. The highest BCUT2D eigenvalue weighted by Gasteiger charge is 2.24. The molecule has 0 spiro atoms. The first-order valence-corrected chi connectivity index (χ1v) is 10.9. The van der Waals surface area contributed by atoms with Crippen LogP contribution in [-0.4, -0.2) is 52.5 Å². The number of carbonyl (C=O) groups excluding carboxylic acids is 1. The Morgan fingerprint density at radius 2 is 2.00 bits per heavy atom. The van der Waals surface area contributed by atoms with Gasteiger partial charge in [-0.3, -0.25) is 4.79 Å². The van der Waals surface area contributed by atoms with Crippen molar-refractivity contribution in [1.29, 1.82) is 0 Å². The molecule has 1 aromatic heterocycles. The van der Waals surface area contributed by atoms with E-state index >= 15 is 0 Å². The quantitative estimate of drug-likeness (QED) is 0.579. The van der Waals surface area contributed by atoms with Gasteiger partial charge in [-0.2, -0.15) is 13.1 Å². The van der Waals surface area contributed by atoms with Crippen molar-refractivity contribution in [3.8, 4) is 11.5 Å². The Morgan fingerprint density at radius 1 is 1.28 bits per heavy atom. The van der Waals surface area contributed by atoms with Crippen molar-refractivity contribution in [3.63, 3.8) is 0 Å². The van der Waals surface area contributed by atoms with Gasteiger partial charge >= 0.3 is 6.61 Å². The van der Waals surface area contributed by atoms with E-state index in [2.05, 4.69) is 10.1 Å². The molecule has 12 heteroatoms. The molecule has 0 saturated heterocycles. The number of nitrogens with zero attached hydrogens (tertiary/aromatic N) is 1. The van der Waals surface area contributed by atoms with Crippen molar-refractivity contribution in [2.75, 3.05) is 27.2 Å². The van der Waals surface area contributed by atoms with E-state index in [4.69, 9.17) is 16.3 Å². The third-order valence-corrected chi connectivity index (χ3v) is 7.26. The van der Waals surface area contributed by atoms with Crippen LogP contribution in [0.5, 0.6) is 11.5 Å². The van der Waals surface area contributed by atoms with Gasteiger partial charge in [-0.25, -0.2) is 8.42 Å². The van der Waals surface area contributed by atoms with Crippen molar-refractivity contribution in [2.45, 2.75) is 17.2 Å². The van der Waals surface area contributed by atoms with Crippen LogP contribution in [0.4, 0.5) is 8.78 Å². The van der Waals surface area contributed by atoms with Crippen LogP contribution in [-0.2, 0) is 21.2 Å². The lowest BCUT2D eigenvalue weighted by Crippen LogP contribution is -2.38. The summed E-state index contributed by atoms with van der Waals surface area (Å²) in [6.07, 6.45) is 0.326. The van der Waals surface area contributed by atoms with Crippen LogP contribution in [0.3, 0.4) is 0 Å². The van der Waals surface area contributed by atoms with Gasteiger partial charge < -0.3 is 14.8 Å². The van der Waals surface area contributed by atoms with Gasteiger partial charge in [-0.15, -0.1) is 11.3 Å². The summed E-state index contributed by atoms with van der Waals surface area (Å²) in [5.74, 6) is -0.443. The van der Waals surface area contributed by atoms with Gasteiger partial charge in [0, 0.05) is 13.6 Å². The number of benzene rings is 1. The van der Waals surface area contributed by atoms with E-state index in [9.17, 15) is 22.0 Å². The third kappa shape index (κ3) is 6.53. The molecule has 2 rings (SSSR count). The highest BCUT2D eigenvalue weighted by atomic mass is 35.5. The molecule has 0 saturated carbocycles. The van der Waals surface area contributed by atoms with Crippen LogP contribution in [0.2, 0.25) is 4.34 Å². The second-order valence-corrected chi connectivity index (χ2v) is 9.77. The number of hydrogen-bond acceptors (Lipinski definition) is 6. The predicted molar refractivity (Wildman–Crippen MR) is 105 cm³/mol. The molecule has 0 aliphatic carbocycles. The number of ether oxygens (including phenoxy) is 2. The smallest absolute Gasteiger partial charge is 0.387 e. The zero-order chi connectivity index (χ0) is 21.6. The van der Waals surface area contributed by atoms with E-state index < -0.39 is 22.5 Å². The molecule has 0 atom stereocenters. The molecule has 1 amide bonds. The van der Waals surface area contributed by atoms with Crippen LogP contribution in [0.25, 0.3) is 0 Å². The maximum Gasteiger partial charge on any atom is 0.387 e. The van der Waals surface area contributed by atoms with Gasteiger partial charge in [0.2, 0.25) is 5.91 Å². The SMILES string of the molecule is COc1ccc(CCNC(=O)CN(C)S(=O)(=O)c2ccc(Cl)s2)cc1OC(F)F. The Labute approximate surface area is 176 Å². The fourth-order valence-electron chi connectivity index (χ4n) is 2.34. The lowest BCUT2D eigenvalue weighted by molar-refractivity contribution is -0.121. The zero-order valence-corrected chi connectivity index (χ0v) is 17.9. The standard InChI is InChI=1S/C17H19ClF2N2O5S2/c1-22(29(24,25)16-6-5-14(18)28-16)10-15(23)21-8-7-11-3-4-12(26-2)13(9-11)27-17(19)20/h3-6,9,17H,7-8,10H2,1-2H3,(H,21,23). The Kier molecular flexibility index (Phi) is 8.20. The summed E-state index contributed by atoms with van der Waals surface area (Å²) in [5, 5.41) is 2.59. The molecular formula is C17H19ClF2N2O5S2. The van der Waals surface area contributed by atoms with E-state index in [0.29, 0.717) is 16.3 Å². The summed E-state index contributed by atoms with van der Waals surface area (Å²) >= 11 is 6.66. The van der Waals surface area contributed by atoms with Gasteiger partial charge in [0.15, 0.2) is 11.5 Å². The van der Waals surface area contributed by atoms with Gasteiger partial charge in [0.05, 0.1) is 18.0 Å². The number of likely N-dealkylation sites (N-methyl/N-ethyl adjacent to an activating group) is 1. The molecule has 0 fully saturated rings. The molecule has 2 aromatic rings. The lowest BCUT2D eigenvalue weighted by Gasteiger charge is -2.16. The number of amides is 1. The molecule has 1 heterocycles. The van der Waals surface area contributed by atoms with E-state index in [1.807, 2.05) is 0 Å². The van der Waals surface area contributed by atoms with Gasteiger partial charge in [0.1, 0.15) is 4.21 Å². The number of carbonyl (C=O) groups is 1. The van der Waals surface area contributed by atoms with E-state index in [-0.39, 0.29) is 28.8 Å². The van der Waals surface area contributed by atoms with Gasteiger partial charge in [0.25, 0.3) is 10.0 Å². The van der Waals surface area contributed by atoms with Crippen molar-refractivity contribution < 1.29 is 31.5 Å². The number of sulfonamides is 1. The van der Waals surface area contributed by atoms with E-state index in [1.54, 1.807) is 6.07 Å². The summed E-state index contributed by atoms with van der Waals surface area (Å²) in [6.45, 7) is -3.19. The number of alkyl halides is 2. The number of rotatable bonds is 10. The van der Waals surface area contributed by atoms with Crippen LogP contribution in [0.15, 0.2) is 34.5 Å². The second-order valence-electron chi connectivity index (χ2n) is 5.78. The van der Waals surface area contributed by atoms with Crippen LogP contribution in [0.1, 0.15) is 5.56 Å². The lowest BCUT2D eigenvalue weighted by atomic mass is 10.1. The molecular weight excluding hydrogens is 450 g/mol. The Balaban J connectivity index is 1.89. The Hall–Kier alpha value is -1.95. The third-order valence-electron chi connectivity index (χ3n) is 3.76. The minimum atomic E-state index is -3.81. The molecule has 0 radical (unpaired) electrons. The number of thiophene rings is 1. The van der Waals surface area contributed by atoms with Crippen molar-refractivity contribution in [1.82, 2.24) is 9.62 Å². The summed E-state index contributed by atoms with van der Waals surface area (Å²) in [4.78, 5) is 12.1. The topological polar surface area (TPSA) is 84.9 Å². The fraction of sp³-hybridized carbons (Fsp3) is 0.353. The van der Waals surface area contributed by atoms with Gasteiger partial charge in [-0.1, -0.05) is 17.7 Å². The number of hydrogen-bond donors (Lipinski definition) is 1. The van der Waals surface area contributed by atoms with E-state index in [1.165, 1.54) is 38.4 Å². The number of nitrogens with one attached hydrogen (secondary N) is 1. The molecule has 1 aromatic carbocycles. The maximum atomic E-state index is 12.5. The molecule has 7 nitrogen and oxygen atoms in total. The van der Waals surface area contributed by atoms with Crippen LogP contribution >= 0.6 is 22.9 Å². The van der Waals surface area contributed by atoms with E-state index in [0.717, 1.165) is 15.6 Å². The number of halogens is 3. The summed E-state index contributed by atoms with van der Waals surface area (Å²) in [7, 11) is -1.18. The molecule has 1 N–H and O–H groups in total. The zero-order valence-electron chi connectivity index (χ0n) is 15.5. The first-order valence-electron chi connectivity index (χ1n) is 8.23. The highest BCUT2D eigenvalue weighted by molar-refractivity contribution is 7.91. The summed E-state index contributed by atoms with van der Waals surface area (Å²) in [6, 6.07) is 7.38. The Bertz CT molecular complexity index is 953. The fourth-order valence-corrected chi connectivity index (χ4v) is 5.16.